The molecule has 132 valence electrons. The van der Waals surface area contributed by atoms with Crippen LogP contribution in [0.4, 0.5) is 5.69 Å². The van der Waals surface area contributed by atoms with Gasteiger partial charge in [0.15, 0.2) is 0 Å². The number of amides is 1. The summed E-state index contributed by atoms with van der Waals surface area (Å²) >= 11 is 5.83. The molecule has 0 bridgehead atoms. The molecule has 0 saturated heterocycles. The highest BCUT2D eigenvalue weighted by Gasteiger charge is 2.19. The summed E-state index contributed by atoms with van der Waals surface area (Å²) in [4.78, 5) is 26.8. The van der Waals surface area contributed by atoms with Gasteiger partial charge in [-0.25, -0.2) is 9.67 Å². The van der Waals surface area contributed by atoms with E-state index >= 15 is 0 Å². The third kappa shape index (κ3) is 4.04. The molecule has 1 N–H and O–H groups in total. The molecule has 2 aromatic carbocycles. The number of nitrogens with one attached hydrogen (secondary N) is 1. The molecule has 0 spiro atoms. The first-order chi connectivity index (χ1) is 12.5. The molecule has 0 aliphatic rings. The van der Waals surface area contributed by atoms with Crippen molar-refractivity contribution in [3.05, 3.63) is 81.4 Å². The van der Waals surface area contributed by atoms with Crippen LogP contribution in [0.1, 0.15) is 15.9 Å². The summed E-state index contributed by atoms with van der Waals surface area (Å²) in [7, 11) is 0. The fourth-order valence-corrected chi connectivity index (χ4v) is 2.54. The van der Waals surface area contributed by atoms with Crippen molar-refractivity contribution in [2.75, 3.05) is 6.54 Å². The van der Waals surface area contributed by atoms with Gasteiger partial charge in [-0.1, -0.05) is 23.7 Å². The van der Waals surface area contributed by atoms with Gasteiger partial charge in [0.25, 0.3) is 11.6 Å². The molecule has 0 aliphatic heterocycles. The lowest BCUT2D eigenvalue weighted by Crippen LogP contribution is -2.25. The third-order valence-corrected chi connectivity index (χ3v) is 3.96. The number of carbonyl (C=O) groups is 1. The van der Waals surface area contributed by atoms with Gasteiger partial charge in [-0.05, 0) is 36.2 Å². The summed E-state index contributed by atoms with van der Waals surface area (Å²) in [6.07, 6.45) is 3.26. The van der Waals surface area contributed by atoms with Crippen LogP contribution < -0.4 is 5.32 Å². The van der Waals surface area contributed by atoms with Crippen LogP contribution in [0.25, 0.3) is 5.69 Å². The number of benzene rings is 2. The first-order valence-corrected chi connectivity index (χ1v) is 8.08. The molecule has 1 aromatic heterocycles. The van der Waals surface area contributed by atoms with E-state index < -0.39 is 4.92 Å². The van der Waals surface area contributed by atoms with Crippen molar-refractivity contribution in [2.24, 2.45) is 0 Å². The van der Waals surface area contributed by atoms with Crippen molar-refractivity contribution in [1.29, 1.82) is 0 Å². The number of nitro groups is 1. The molecule has 0 atom stereocenters. The van der Waals surface area contributed by atoms with E-state index in [9.17, 15) is 14.9 Å². The Balaban J connectivity index is 1.70. The minimum atomic E-state index is -0.554. The first-order valence-electron chi connectivity index (χ1n) is 7.70. The number of carbonyl (C=O) groups excluding carboxylic acids is 1. The Morgan fingerprint density at radius 1 is 1.23 bits per heavy atom. The average Bonchev–Trinajstić information content (AvgIpc) is 3.17. The highest BCUT2D eigenvalue weighted by atomic mass is 35.5. The van der Waals surface area contributed by atoms with Crippen molar-refractivity contribution in [3.8, 4) is 5.69 Å². The van der Waals surface area contributed by atoms with Gasteiger partial charge in [0, 0.05) is 23.2 Å². The average molecular weight is 372 g/mol. The van der Waals surface area contributed by atoms with Crippen molar-refractivity contribution in [3.63, 3.8) is 0 Å². The molecule has 0 fully saturated rings. The molecule has 3 rings (SSSR count). The van der Waals surface area contributed by atoms with E-state index in [-0.39, 0.29) is 22.8 Å². The molecule has 0 saturated carbocycles. The molecule has 1 amide bonds. The maximum atomic E-state index is 12.3. The second-order valence-electron chi connectivity index (χ2n) is 5.43. The summed E-state index contributed by atoms with van der Waals surface area (Å²) in [6, 6.07) is 11.5. The zero-order valence-electron chi connectivity index (χ0n) is 13.5. The number of halogens is 1. The number of hydrogen-bond acceptors (Lipinski definition) is 5. The van der Waals surface area contributed by atoms with E-state index in [1.54, 1.807) is 12.1 Å². The minimum absolute atomic E-state index is 0.205. The smallest absolute Gasteiger partial charge is 0.295 e. The van der Waals surface area contributed by atoms with Gasteiger partial charge in [-0.15, -0.1) is 0 Å². The van der Waals surface area contributed by atoms with Crippen LogP contribution in [0.3, 0.4) is 0 Å². The molecule has 3 aromatic rings. The normalized spacial score (nSPS) is 10.5. The largest absolute Gasteiger partial charge is 0.352 e. The van der Waals surface area contributed by atoms with E-state index in [1.165, 1.54) is 35.5 Å². The molecule has 26 heavy (non-hydrogen) atoms. The quantitative estimate of drug-likeness (QED) is 0.530. The summed E-state index contributed by atoms with van der Waals surface area (Å²) in [5, 5.41) is 18.6. The Labute approximate surface area is 153 Å². The third-order valence-electron chi connectivity index (χ3n) is 3.71. The summed E-state index contributed by atoms with van der Waals surface area (Å²) in [5.74, 6) is -0.382. The summed E-state index contributed by atoms with van der Waals surface area (Å²) in [6.45, 7) is 0.402. The molecular formula is C17H14ClN5O3. The Hall–Kier alpha value is -3.26. The Morgan fingerprint density at radius 3 is 2.65 bits per heavy atom. The van der Waals surface area contributed by atoms with Gasteiger partial charge in [-0.3, -0.25) is 14.9 Å². The van der Waals surface area contributed by atoms with E-state index in [2.05, 4.69) is 15.4 Å². The van der Waals surface area contributed by atoms with Crippen LogP contribution in [0, 0.1) is 10.1 Å². The monoisotopic (exact) mass is 371 g/mol. The predicted octanol–water partition coefficient (Wildman–Crippen LogP) is 2.80. The van der Waals surface area contributed by atoms with Crippen LogP contribution in [0.2, 0.25) is 5.02 Å². The SMILES string of the molecule is O=C(NCCc1ccc(Cl)cc1)c1ccc(-n2cncn2)c([N+](=O)[O-])c1. The van der Waals surface area contributed by atoms with Gasteiger partial charge < -0.3 is 5.32 Å². The maximum absolute atomic E-state index is 12.3. The van der Waals surface area contributed by atoms with Gasteiger partial charge in [0.2, 0.25) is 0 Å². The number of rotatable bonds is 6. The molecule has 0 unspecified atom stereocenters. The second kappa shape index (κ2) is 7.75. The molecule has 9 heteroatoms. The lowest BCUT2D eigenvalue weighted by atomic mass is 10.1. The molecule has 0 radical (unpaired) electrons. The zero-order valence-corrected chi connectivity index (χ0v) is 14.3. The fraction of sp³-hybridized carbons (Fsp3) is 0.118. The van der Waals surface area contributed by atoms with Crippen LogP contribution >= 0.6 is 11.6 Å². The Bertz CT molecular complexity index is 926. The van der Waals surface area contributed by atoms with Gasteiger partial charge in [-0.2, -0.15) is 5.10 Å². The predicted molar refractivity (Wildman–Crippen MR) is 95.5 cm³/mol. The molecular weight excluding hydrogens is 358 g/mol. The second-order valence-corrected chi connectivity index (χ2v) is 5.87. The van der Waals surface area contributed by atoms with Crippen LogP contribution in [-0.4, -0.2) is 32.1 Å². The fourth-order valence-electron chi connectivity index (χ4n) is 2.41. The van der Waals surface area contributed by atoms with Crippen molar-refractivity contribution in [2.45, 2.75) is 6.42 Å². The molecule has 0 aliphatic carbocycles. The molecule has 8 nitrogen and oxygen atoms in total. The number of hydrogen-bond donors (Lipinski definition) is 1. The number of aromatic nitrogens is 3. The van der Waals surface area contributed by atoms with Crippen LogP contribution in [-0.2, 0) is 6.42 Å². The van der Waals surface area contributed by atoms with Gasteiger partial charge in [0.05, 0.1) is 4.92 Å². The first kappa shape index (κ1) is 17.6. The summed E-state index contributed by atoms with van der Waals surface area (Å²) in [5.41, 5.74) is 1.25. The van der Waals surface area contributed by atoms with E-state index in [0.29, 0.717) is 18.0 Å². The Morgan fingerprint density at radius 2 is 2.00 bits per heavy atom. The van der Waals surface area contributed by atoms with E-state index in [1.807, 2.05) is 12.1 Å². The Kier molecular flexibility index (Phi) is 5.23. The summed E-state index contributed by atoms with van der Waals surface area (Å²) < 4.78 is 1.28. The van der Waals surface area contributed by atoms with E-state index in [0.717, 1.165) is 5.56 Å². The van der Waals surface area contributed by atoms with Crippen LogP contribution in [0.15, 0.2) is 55.1 Å². The topological polar surface area (TPSA) is 103 Å². The highest BCUT2D eigenvalue weighted by Crippen LogP contribution is 2.23. The maximum Gasteiger partial charge on any atom is 0.295 e. The van der Waals surface area contributed by atoms with Crippen molar-refractivity contribution in [1.82, 2.24) is 20.1 Å². The zero-order chi connectivity index (χ0) is 18.5. The van der Waals surface area contributed by atoms with Crippen molar-refractivity contribution >= 4 is 23.2 Å². The van der Waals surface area contributed by atoms with Crippen LogP contribution in [0.5, 0.6) is 0 Å². The lowest BCUT2D eigenvalue weighted by Gasteiger charge is -2.07. The molecule has 1 heterocycles. The number of nitro benzene ring substituents is 1. The lowest BCUT2D eigenvalue weighted by molar-refractivity contribution is -0.384. The highest BCUT2D eigenvalue weighted by molar-refractivity contribution is 6.30. The number of nitrogens with zero attached hydrogens (tertiary/aromatic N) is 4. The minimum Gasteiger partial charge on any atom is -0.352 e. The standard InChI is InChI=1S/C17H14ClN5O3/c18-14-4-1-12(2-5-14)7-8-20-17(24)13-3-6-15(16(9-13)23(25)26)22-11-19-10-21-22/h1-6,9-11H,7-8H2,(H,20,24). The van der Waals surface area contributed by atoms with Crippen molar-refractivity contribution < 1.29 is 9.72 Å². The van der Waals surface area contributed by atoms with Gasteiger partial charge in [0.1, 0.15) is 18.3 Å². The van der Waals surface area contributed by atoms with E-state index in [4.69, 9.17) is 11.6 Å². The van der Waals surface area contributed by atoms with Gasteiger partial charge >= 0.3 is 0 Å².